The zero-order valence-electron chi connectivity index (χ0n) is 18.6. The fourth-order valence-corrected chi connectivity index (χ4v) is 4.46. The van der Waals surface area contributed by atoms with Crippen LogP contribution in [-0.4, -0.2) is 91.7 Å². The van der Waals surface area contributed by atoms with E-state index in [1.807, 2.05) is 6.92 Å². The van der Waals surface area contributed by atoms with Gasteiger partial charge in [0, 0.05) is 51.9 Å². The smallest absolute Gasteiger partial charge is 0.317 e. The highest BCUT2D eigenvalue weighted by atomic mass is 16.5. The van der Waals surface area contributed by atoms with Crippen molar-refractivity contribution in [2.45, 2.75) is 39.7 Å². The molecule has 1 unspecified atom stereocenters. The first kappa shape index (κ1) is 22.6. The summed E-state index contributed by atoms with van der Waals surface area (Å²) in [5, 5.41) is 3.16. The molecule has 0 saturated carbocycles. The van der Waals surface area contributed by atoms with Gasteiger partial charge in [-0.15, -0.1) is 0 Å². The van der Waals surface area contributed by atoms with Crippen LogP contribution in [0.25, 0.3) is 0 Å². The molecule has 1 aromatic rings. The summed E-state index contributed by atoms with van der Waals surface area (Å²) in [4.78, 5) is 31.3. The van der Waals surface area contributed by atoms with Crippen LogP contribution in [0.15, 0.2) is 16.5 Å². The van der Waals surface area contributed by atoms with Crippen LogP contribution in [-0.2, 0) is 4.74 Å². The topological polar surface area (TPSA) is 78.3 Å². The van der Waals surface area contributed by atoms with Crippen molar-refractivity contribution in [3.05, 3.63) is 23.7 Å². The number of furan rings is 1. The molecule has 0 radical (unpaired) electrons. The van der Waals surface area contributed by atoms with Crippen LogP contribution < -0.4 is 5.32 Å². The average Bonchev–Trinajstić information content (AvgIpc) is 3.23. The lowest BCUT2D eigenvalue weighted by Gasteiger charge is -2.39. The number of hydrogen-bond acceptors (Lipinski definition) is 5. The molecule has 3 rings (SSSR count). The predicted molar refractivity (Wildman–Crippen MR) is 115 cm³/mol. The van der Waals surface area contributed by atoms with E-state index in [0.29, 0.717) is 50.4 Å². The van der Waals surface area contributed by atoms with Gasteiger partial charge in [0.1, 0.15) is 5.76 Å². The second kappa shape index (κ2) is 10.8. The molecule has 1 N–H and O–H groups in total. The zero-order valence-corrected chi connectivity index (χ0v) is 18.6. The van der Waals surface area contributed by atoms with Crippen molar-refractivity contribution in [1.82, 2.24) is 20.0 Å². The number of hydrogen-bond donors (Lipinski definition) is 1. The van der Waals surface area contributed by atoms with Gasteiger partial charge < -0.3 is 24.3 Å². The van der Waals surface area contributed by atoms with Gasteiger partial charge in [-0.2, -0.15) is 0 Å². The van der Waals surface area contributed by atoms with Crippen LogP contribution in [0.4, 0.5) is 4.79 Å². The molecule has 1 atom stereocenters. The lowest BCUT2D eigenvalue weighted by Crippen LogP contribution is -2.56. The Bertz CT molecular complexity index is 689. The quantitative estimate of drug-likeness (QED) is 0.732. The third-order valence-electron chi connectivity index (χ3n) is 6.38. The normalized spacial score (nSPS) is 19.2. The van der Waals surface area contributed by atoms with Crippen LogP contribution in [0.5, 0.6) is 0 Å². The van der Waals surface area contributed by atoms with Crippen LogP contribution in [0.2, 0.25) is 0 Å². The standard InChI is InChI=1S/C22H36N4O4/c1-4-18(5-2)19(24-12-14-29-15-13-24)16-23-22(28)26-10-8-25(9-11-26)21(27)20-7-6-17(3)30-20/h6-7,18-19H,4-5,8-16H2,1-3H3,(H,23,28). The van der Waals surface area contributed by atoms with E-state index in [4.69, 9.17) is 9.15 Å². The molecule has 0 aromatic carbocycles. The maximum atomic E-state index is 12.8. The summed E-state index contributed by atoms with van der Waals surface area (Å²) in [6.07, 6.45) is 2.20. The Labute approximate surface area is 179 Å². The largest absolute Gasteiger partial charge is 0.456 e. The molecule has 168 valence electrons. The monoisotopic (exact) mass is 420 g/mol. The van der Waals surface area contributed by atoms with Gasteiger partial charge in [0.2, 0.25) is 0 Å². The predicted octanol–water partition coefficient (Wildman–Crippen LogP) is 2.19. The van der Waals surface area contributed by atoms with Crippen molar-refractivity contribution in [1.29, 1.82) is 0 Å². The number of carbonyl (C=O) groups excluding carboxylic acids is 2. The first-order valence-electron chi connectivity index (χ1n) is 11.2. The molecule has 1 aromatic heterocycles. The maximum Gasteiger partial charge on any atom is 0.317 e. The third-order valence-corrected chi connectivity index (χ3v) is 6.38. The maximum absolute atomic E-state index is 12.8. The molecule has 30 heavy (non-hydrogen) atoms. The minimum absolute atomic E-state index is 0.0415. The molecule has 2 aliphatic rings. The Morgan fingerprint density at radius 2 is 1.63 bits per heavy atom. The summed E-state index contributed by atoms with van der Waals surface area (Å²) in [5.74, 6) is 1.53. The van der Waals surface area contributed by atoms with Crippen molar-refractivity contribution >= 4 is 11.9 Å². The highest BCUT2D eigenvalue weighted by Crippen LogP contribution is 2.20. The second-order valence-electron chi connectivity index (χ2n) is 8.17. The van der Waals surface area contributed by atoms with Crippen molar-refractivity contribution in [3.8, 4) is 0 Å². The Morgan fingerprint density at radius 1 is 1.00 bits per heavy atom. The van der Waals surface area contributed by atoms with Gasteiger partial charge in [0.25, 0.3) is 5.91 Å². The van der Waals surface area contributed by atoms with E-state index in [1.165, 1.54) is 0 Å². The number of amides is 3. The van der Waals surface area contributed by atoms with Crippen molar-refractivity contribution in [2.24, 2.45) is 5.92 Å². The average molecular weight is 421 g/mol. The van der Waals surface area contributed by atoms with E-state index in [2.05, 4.69) is 24.1 Å². The van der Waals surface area contributed by atoms with Crippen molar-refractivity contribution in [3.63, 3.8) is 0 Å². The minimum Gasteiger partial charge on any atom is -0.456 e. The Hall–Kier alpha value is -2.06. The fraction of sp³-hybridized carbons (Fsp3) is 0.727. The summed E-state index contributed by atoms with van der Waals surface area (Å²) in [6.45, 7) is 12.4. The summed E-state index contributed by atoms with van der Waals surface area (Å²) in [6, 6.07) is 3.79. The number of nitrogens with one attached hydrogen (secondary N) is 1. The first-order chi connectivity index (χ1) is 14.5. The number of carbonyl (C=O) groups is 2. The van der Waals surface area contributed by atoms with E-state index >= 15 is 0 Å². The minimum atomic E-state index is -0.107. The van der Waals surface area contributed by atoms with Gasteiger partial charge in [0.15, 0.2) is 5.76 Å². The third kappa shape index (κ3) is 5.55. The Balaban J connectivity index is 1.49. The number of urea groups is 1. The fourth-order valence-electron chi connectivity index (χ4n) is 4.46. The van der Waals surface area contributed by atoms with E-state index in [9.17, 15) is 9.59 Å². The molecule has 2 fully saturated rings. The molecule has 2 aliphatic heterocycles. The molecule has 8 heteroatoms. The molecule has 3 amide bonds. The Kier molecular flexibility index (Phi) is 8.16. The first-order valence-corrected chi connectivity index (χ1v) is 11.2. The number of morpholine rings is 1. The van der Waals surface area contributed by atoms with E-state index in [1.54, 1.807) is 21.9 Å². The second-order valence-corrected chi connectivity index (χ2v) is 8.17. The number of piperazine rings is 1. The summed E-state index contributed by atoms with van der Waals surface area (Å²) in [7, 11) is 0. The van der Waals surface area contributed by atoms with Crippen LogP contribution >= 0.6 is 0 Å². The van der Waals surface area contributed by atoms with Crippen molar-refractivity contribution in [2.75, 3.05) is 59.0 Å². The highest BCUT2D eigenvalue weighted by Gasteiger charge is 2.29. The van der Waals surface area contributed by atoms with Gasteiger partial charge >= 0.3 is 6.03 Å². The lowest BCUT2D eigenvalue weighted by atomic mass is 9.92. The van der Waals surface area contributed by atoms with Crippen LogP contribution in [0, 0.1) is 12.8 Å². The molecule has 3 heterocycles. The SMILES string of the molecule is CCC(CC)C(CNC(=O)N1CCN(C(=O)c2ccc(C)o2)CC1)N1CCOCC1. The highest BCUT2D eigenvalue weighted by molar-refractivity contribution is 5.91. The van der Waals surface area contributed by atoms with Gasteiger partial charge in [0.05, 0.1) is 13.2 Å². The molecular formula is C22H36N4O4. The molecule has 8 nitrogen and oxygen atoms in total. The molecule has 0 bridgehead atoms. The number of nitrogens with zero attached hydrogens (tertiary/aromatic N) is 3. The van der Waals surface area contributed by atoms with Crippen LogP contribution in [0.3, 0.4) is 0 Å². The number of rotatable bonds is 7. The molecule has 0 spiro atoms. The number of ether oxygens (including phenoxy) is 1. The summed E-state index contributed by atoms with van der Waals surface area (Å²) >= 11 is 0. The van der Waals surface area contributed by atoms with Gasteiger partial charge in [-0.1, -0.05) is 26.7 Å². The van der Waals surface area contributed by atoms with E-state index in [-0.39, 0.29) is 11.9 Å². The zero-order chi connectivity index (χ0) is 21.5. The van der Waals surface area contributed by atoms with Gasteiger partial charge in [-0.3, -0.25) is 9.69 Å². The van der Waals surface area contributed by atoms with Crippen LogP contribution in [0.1, 0.15) is 43.0 Å². The molecule has 0 aliphatic carbocycles. The molecular weight excluding hydrogens is 384 g/mol. The van der Waals surface area contributed by atoms with E-state index < -0.39 is 0 Å². The Morgan fingerprint density at radius 3 is 2.20 bits per heavy atom. The van der Waals surface area contributed by atoms with Gasteiger partial charge in [-0.25, -0.2) is 4.79 Å². The van der Waals surface area contributed by atoms with E-state index in [0.717, 1.165) is 44.9 Å². The lowest BCUT2D eigenvalue weighted by molar-refractivity contribution is 0.00199. The summed E-state index contributed by atoms with van der Waals surface area (Å²) in [5.41, 5.74) is 0. The molecule has 2 saturated heterocycles. The van der Waals surface area contributed by atoms with Crippen molar-refractivity contribution < 1.29 is 18.7 Å². The number of aryl methyl sites for hydroxylation is 1. The summed E-state index contributed by atoms with van der Waals surface area (Å²) < 4.78 is 10.9. The van der Waals surface area contributed by atoms with Gasteiger partial charge in [-0.05, 0) is 25.0 Å².